The zero-order valence-electron chi connectivity index (χ0n) is 11.3. The van der Waals surface area contributed by atoms with Crippen LogP contribution in [0.1, 0.15) is 15.9 Å². The molecule has 3 aromatic rings. The van der Waals surface area contributed by atoms with Crippen LogP contribution < -0.4 is 0 Å². The molecule has 104 valence electrons. The van der Waals surface area contributed by atoms with E-state index in [0.717, 1.165) is 11.3 Å². The summed E-state index contributed by atoms with van der Waals surface area (Å²) in [6.45, 7) is 0.223. The molecule has 3 rings (SSSR count). The fourth-order valence-electron chi connectivity index (χ4n) is 2.02. The molecule has 2 heterocycles. The summed E-state index contributed by atoms with van der Waals surface area (Å²) in [5.41, 5.74) is 2.33. The Hall–Kier alpha value is -2.88. The number of aromatic nitrogens is 2. The van der Waals surface area contributed by atoms with E-state index in [2.05, 4.69) is 4.98 Å². The molecule has 0 aliphatic rings. The van der Waals surface area contributed by atoms with Crippen molar-refractivity contribution in [2.24, 2.45) is 0 Å². The minimum atomic E-state index is -0.340. The van der Waals surface area contributed by atoms with Crippen LogP contribution in [0, 0.1) is 0 Å². The largest absolute Gasteiger partial charge is 0.457 e. The number of ether oxygens (including phenoxy) is 1. The van der Waals surface area contributed by atoms with Crippen molar-refractivity contribution >= 4 is 5.97 Å². The molecule has 0 aliphatic carbocycles. The summed E-state index contributed by atoms with van der Waals surface area (Å²) in [7, 11) is 0. The fraction of sp³-hybridized carbons (Fsp3) is 0.0588. The van der Waals surface area contributed by atoms with Crippen LogP contribution in [-0.4, -0.2) is 15.5 Å². The average Bonchev–Trinajstić information content (AvgIpc) is 3.08. The molecule has 0 amide bonds. The Labute approximate surface area is 122 Å². The third kappa shape index (κ3) is 3.17. The molecule has 0 saturated carbocycles. The molecule has 0 saturated heterocycles. The highest BCUT2D eigenvalue weighted by Gasteiger charge is 2.08. The highest BCUT2D eigenvalue weighted by molar-refractivity contribution is 5.90. The van der Waals surface area contributed by atoms with Crippen molar-refractivity contribution in [3.05, 3.63) is 84.4 Å². The molecule has 4 heteroatoms. The highest BCUT2D eigenvalue weighted by atomic mass is 16.5. The van der Waals surface area contributed by atoms with Crippen molar-refractivity contribution in [1.29, 1.82) is 0 Å². The van der Waals surface area contributed by atoms with Crippen molar-refractivity contribution in [3.63, 3.8) is 0 Å². The van der Waals surface area contributed by atoms with Crippen LogP contribution in [0.3, 0.4) is 0 Å². The smallest absolute Gasteiger partial charge is 0.338 e. The van der Waals surface area contributed by atoms with Gasteiger partial charge in [0.15, 0.2) is 0 Å². The number of hydrogen-bond acceptors (Lipinski definition) is 3. The maximum absolute atomic E-state index is 12.1. The van der Waals surface area contributed by atoms with Gasteiger partial charge in [0.1, 0.15) is 6.61 Å². The minimum Gasteiger partial charge on any atom is -0.457 e. The lowest BCUT2D eigenvalue weighted by molar-refractivity contribution is 0.0472. The van der Waals surface area contributed by atoms with Gasteiger partial charge in [-0.2, -0.15) is 0 Å². The van der Waals surface area contributed by atoms with Gasteiger partial charge in [0.25, 0.3) is 0 Å². The van der Waals surface area contributed by atoms with E-state index in [1.807, 2.05) is 59.4 Å². The monoisotopic (exact) mass is 278 g/mol. The highest BCUT2D eigenvalue weighted by Crippen LogP contribution is 2.12. The maximum atomic E-state index is 12.1. The summed E-state index contributed by atoms with van der Waals surface area (Å²) in [6, 6.07) is 14.9. The van der Waals surface area contributed by atoms with Gasteiger partial charge in [-0.05, 0) is 36.4 Å². The lowest BCUT2D eigenvalue weighted by Crippen LogP contribution is -2.06. The second kappa shape index (κ2) is 6.05. The van der Waals surface area contributed by atoms with E-state index < -0.39 is 0 Å². The Balaban J connectivity index is 1.72. The van der Waals surface area contributed by atoms with Gasteiger partial charge in [-0.25, -0.2) is 4.79 Å². The lowest BCUT2D eigenvalue weighted by atomic mass is 10.2. The predicted octanol–water partition coefficient (Wildman–Crippen LogP) is 3.23. The zero-order chi connectivity index (χ0) is 14.5. The van der Waals surface area contributed by atoms with Gasteiger partial charge in [-0.3, -0.25) is 4.98 Å². The SMILES string of the molecule is O=C(OCc1cccnc1)c1cccc(-n2cccc2)c1. The van der Waals surface area contributed by atoms with Gasteiger partial charge in [0.05, 0.1) is 5.56 Å². The van der Waals surface area contributed by atoms with Crippen LogP contribution in [0.15, 0.2) is 73.3 Å². The van der Waals surface area contributed by atoms with Crippen LogP contribution in [0.4, 0.5) is 0 Å². The standard InChI is InChI=1S/C17H14N2O2/c20-17(21-13-14-5-4-8-18-12-14)15-6-3-7-16(11-15)19-9-1-2-10-19/h1-12H,13H2. The van der Waals surface area contributed by atoms with Crippen molar-refractivity contribution in [2.45, 2.75) is 6.61 Å². The van der Waals surface area contributed by atoms with Gasteiger partial charge in [-0.15, -0.1) is 0 Å². The van der Waals surface area contributed by atoms with E-state index in [1.165, 1.54) is 0 Å². The average molecular weight is 278 g/mol. The minimum absolute atomic E-state index is 0.223. The Morgan fingerprint density at radius 1 is 1.10 bits per heavy atom. The summed E-state index contributed by atoms with van der Waals surface area (Å²) in [5.74, 6) is -0.340. The molecule has 0 radical (unpaired) electrons. The number of hydrogen-bond donors (Lipinski definition) is 0. The van der Waals surface area contributed by atoms with Crippen molar-refractivity contribution in [2.75, 3.05) is 0 Å². The van der Waals surface area contributed by atoms with Crippen molar-refractivity contribution < 1.29 is 9.53 Å². The number of benzene rings is 1. The molecule has 0 N–H and O–H groups in total. The molecular formula is C17H14N2O2. The first-order valence-corrected chi connectivity index (χ1v) is 6.62. The number of rotatable bonds is 4. The third-order valence-electron chi connectivity index (χ3n) is 3.08. The number of carbonyl (C=O) groups excluding carboxylic acids is 1. The molecule has 0 aliphatic heterocycles. The second-order valence-electron chi connectivity index (χ2n) is 4.58. The maximum Gasteiger partial charge on any atom is 0.338 e. The van der Waals surface area contributed by atoms with Crippen LogP contribution in [-0.2, 0) is 11.3 Å². The normalized spacial score (nSPS) is 10.3. The molecular weight excluding hydrogens is 264 g/mol. The first-order chi connectivity index (χ1) is 10.3. The van der Waals surface area contributed by atoms with Gasteiger partial charge in [0.2, 0.25) is 0 Å². The Morgan fingerprint density at radius 3 is 2.71 bits per heavy atom. The fourth-order valence-corrected chi connectivity index (χ4v) is 2.02. The predicted molar refractivity (Wildman–Crippen MR) is 79.1 cm³/mol. The molecule has 0 bridgehead atoms. The van der Waals surface area contributed by atoms with E-state index in [4.69, 9.17) is 4.74 Å². The Kier molecular flexibility index (Phi) is 3.78. The Morgan fingerprint density at radius 2 is 1.95 bits per heavy atom. The number of esters is 1. The van der Waals surface area contributed by atoms with E-state index in [0.29, 0.717) is 5.56 Å². The topological polar surface area (TPSA) is 44.1 Å². The van der Waals surface area contributed by atoms with Crippen molar-refractivity contribution in [3.8, 4) is 5.69 Å². The van der Waals surface area contributed by atoms with Gasteiger partial charge in [0, 0.05) is 36.0 Å². The summed E-state index contributed by atoms with van der Waals surface area (Å²) in [6.07, 6.45) is 7.23. The van der Waals surface area contributed by atoms with Gasteiger partial charge >= 0.3 is 5.97 Å². The number of pyridine rings is 1. The molecule has 0 atom stereocenters. The number of nitrogens with zero attached hydrogens (tertiary/aromatic N) is 2. The van der Waals surface area contributed by atoms with Crippen LogP contribution in [0.2, 0.25) is 0 Å². The summed E-state index contributed by atoms with van der Waals surface area (Å²) < 4.78 is 7.24. The first kappa shape index (κ1) is 13.1. The van der Waals surface area contributed by atoms with Gasteiger partial charge < -0.3 is 9.30 Å². The Bertz CT molecular complexity index is 722. The van der Waals surface area contributed by atoms with Crippen LogP contribution in [0.5, 0.6) is 0 Å². The summed E-state index contributed by atoms with van der Waals surface area (Å²) in [5, 5.41) is 0. The summed E-state index contributed by atoms with van der Waals surface area (Å²) >= 11 is 0. The quantitative estimate of drug-likeness (QED) is 0.688. The molecule has 0 spiro atoms. The molecule has 21 heavy (non-hydrogen) atoms. The first-order valence-electron chi connectivity index (χ1n) is 6.62. The third-order valence-corrected chi connectivity index (χ3v) is 3.08. The van der Waals surface area contributed by atoms with Gasteiger partial charge in [-0.1, -0.05) is 12.1 Å². The summed E-state index contributed by atoms with van der Waals surface area (Å²) in [4.78, 5) is 16.1. The molecule has 0 unspecified atom stereocenters. The van der Waals surface area contributed by atoms with Crippen LogP contribution in [0.25, 0.3) is 5.69 Å². The second-order valence-corrected chi connectivity index (χ2v) is 4.58. The van der Waals surface area contributed by atoms with E-state index in [9.17, 15) is 4.79 Å². The van der Waals surface area contributed by atoms with E-state index >= 15 is 0 Å². The molecule has 2 aromatic heterocycles. The van der Waals surface area contributed by atoms with Crippen LogP contribution >= 0.6 is 0 Å². The molecule has 4 nitrogen and oxygen atoms in total. The van der Waals surface area contributed by atoms with Crippen molar-refractivity contribution in [1.82, 2.24) is 9.55 Å². The number of carbonyl (C=O) groups is 1. The molecule has 0 fully saturated rings. The van der Waals surface area contributed by atoms with E-state index in [1.54, 1.807) is 18.5 Å². The van der Waals surface area contributed by atoms with E-state index in [-0.39, 0.29) is 12.6 Å². The molecule has 1 aromatic carbocycles. The lowest BCUT2D eigenvalue weighted by Gasteiger charge is -2.07. The zero-order valence-corrected chi connectivity index (χ0v) is 11.3.